The molecule has 6 nitrogen and oxygen atoms in total. The first kappa shape index (κ1) is 17.4. The zero-order valence-electron chi connectivity index (χ0n) is 9.16. The summed E-state index contributed by atoms with van der Waals surface area (Å²) in [6.45, 7) is 0. The summed E-state index contributed by atoms with van der Waals surface area (Å²) in [5.74, 6) is -0.656. The molecule has 19 heavy (non-hydrogen) atoms. The van der Waals surface area contributed by atoms with Crippen LogP contribution in [0.3, 0.4) is 0 Å². The van der Waals surface area contributed by atoms with Crippen molar-refractivity contribution in [2.45, 2.75) is 18.3 Å². The molecule has 10 heteroatoms. The predicted molar refractivity (Wildman–Crippen MR) is 61.0 cm³/mol. The Morgan fingerprint density at radius 3 is 2.32 bits per heavy atom. The van der Waals surface area contributed by atoms with Crippen LogP contribution in [0.15, 0.2) is 18.2 Å². The summed E-state index contributed by atoms with van der Waals surface area (Å²) in [5, 5.41) is 28.7. The summed E-state index contributed by atoms with van der Waals surface area (Å²) < 4.78 is 36.7. The number of phenols is 1. The molecule has 0 spiro atoms. The van der Waals surface area contributed by atoms with Gasteiger partial charge in [-0.25, -0.2) is 0 Å². The number of hydrogen-bond acceptors (Lipinski definition) is 5. The van der Waals surface area contributed by atoms with Crippen LogP contribution in [0, 0.1) is 10.1 Å². The third kappa shape index (κ3) is 3.94. The molecule has 108 valence electrons. The SMILES string of the molecule is Cl.N[C@@H](c1cc([N+](=O)[O-])ccc1O)[C@H](O)C(F)(F)F. The first-order valence-electron chi connectivity index (χ1n) is 4.62. The first-order valence-corrected chi connectivity index (χ1v) is 4.62. The molecule has 0 unspecified atom stereocenters. The highest BCUT2D eigenvalue weighted by molar-refractivity contribution is 5.85. The van der Waals surface area contributed by atoms with Gasteiger partial charge in [0.2, 0.25) is 0 Å². The normalized spacial score (nSPS) is 14.4. The zero-order chi connectivity index (χ0) is 14.1. The van der Waals surface area contributed by atoms with E-state index in [0.717, 1.165) is 12.1 Å². The van der Waals surface area contributed by atoms with Gasteiger partial charge in [-0.1, -0.05) is 0 Å². The molecule has 0 saturated heterocycles. The summed E-state index contributed by atoms with van der Waals surface area (Å²) in [6.07, 6.45) is -7.92. The Balaban J connectivity index is 0.00000324. The predicted octanol–water partition coefficient (Wildman–Crippen LogP) is 1.65. The maximum Gasteiger partial charge on any atom is 0.416 e. The largest absolute Gasteiger partial charge is 0.508 e. The summed E-state index contributed by atoms with van der Waals surface area (Å²) in [4.78, 5) is 9.60. The van der Waals surface area contributed by atoms with Crippen molar-refractivity contribution in [1.29, 1.82) is 0 Å². The van der Waals surface area contributed by atoms with Crippen LogP contribution in [0.5, 0.6) is 5.75 Å². The van der Waals surface area contributed by atoms with Crippen LogP contribution < -0.4 is 5.73 Å². The molecule has 4 N–H and O–H groups in total. The zero-order valence-corrected chi connectivity index (χ0v) is 9.98. The lowest BCUT2D eigenvalue weighted by molar-refractivity contribution is -0.385. The Labute approximate surface area is 111 Å². The number of rotatable bonds is 3. The van der Waals surface area contributed by atoms with E-state index >= 15 is 0 Å². The molecule has 0 aliphatic carbocycles. The number of aliphatic hydroxyl groups is 1. The average molecular weight is 303 g/mol. The molecule has 0 aromatic heterocycles. The molecular formula is C9H10ClF3N2O4. The molecule has 0 aliphatic rings. The highest BCUT2D eigenvalue weighted by Gasteiger charge is 2.43. The van der Waals surface area contributed by atoms with E-state index in [4.69, 9.17) is 10.8 Å². The summed E-state index contributed by atoms with van der Waals surface area (Å²) in [5.41, 5.74) is 4.06. The van der Waals surface area contributed by atoms with Crippen LogP contribution in [0.2, 0.25) is 0 Å². The lowest BCUT2D eigenvalue weighted by Gasteiger charge is -2.22. The molecule has 0 bridgehead atoms. The number of halogens is 4. The van der Waals surface area contributed by atoms with E-state index in [9.17, 15) is 28.4 Å². The Bertz CT molecular complexity index is 469. The van der Waals surface area contributed by atoms with Crippen LogP contribution >= 0.6 is 12.4 Å². The number of phenolic OH excluding ortho intramolecular Hbond substituents is 1. The fraction of sp³-hybridized carbons (Fsp3) is 0.333. The highest BCUT2D eigenvalue weighted by Crippen LogP contribution is 2.34. The number of aromatic hydroxyl groups is 1. The fourth-order valence-corrected chi connectivity index (χ4v) is 1.30. The Morgan fingerprint density at radius 2 is 1.89 bits per heavy atom. The molecule has 0 saturated carbocycles. The van der Waals surface area contributed by atoms with Gasteiger partial charge in [-0.15, -0.1) is 12.4 Å². The second-order valence-corrected chi connectivity index (χ2v) is 3.51. The van der Waals surface area contributed by atoms with Crippen LogP contribution in [-0.4, -0.2) is 27.4 Å². The Kier molecular flexibility index (Phi) is 5.54. The monoisotopic (exact) mass is 302 g/mol. The molecule has 1 aromatic rings. The minimum absolute atomic E-state index is 0. The second kappa shape index (κ2) is 6.04. The number of alkyl halides is 3. The van der Waals surface area contributed by atoms with Gasteiger partial charge in [0.15, 0.2) is 6.10 Å². The van der Waals surface area contributed by atoms with Gasteiger partial charge < -0.3 is 15.9 Å². The molecule has 0 heterocycles. The Morgan fingerprint density at radius 1 is 1.37 bits per heavy atom. The van der Waals surface area contributed by atoms with Crippen molar-refractivity contribution in [3.63, 3.8) is 0 Å². The van der Waals surface area contributed by atoms with E-state index in [2.05, 4.69) is 0 Å². The number of aliphatic hydroxyl groups excluding tert-OH is 1. The van der Waals surface area contributed by atoms with Crippen molar-refractivity contribution in [2.24, 2.45) is 5.73 Å². The smallest absolute Gasteiger partial charge is 0.416 e. The van der Waals surface area contributed by atoms with Crippen LogP contribution in [0.1, 0.15) is 11.6 Å². The maximum atomic E-state index is 12.2. The molecular weight excluding hydrogens is 293 g/mol. The van der Waals surface area contributed by atoms with Crippen molar-refractivity contribution in [1.82, 2.24) is 0 Å². The maximum absolute atomic E-state index is 12.2. The lowest BCUT2D eigenvalue weighted by Crippen LogP contribution is -2.38. The molecule has 2 atom stereocenters. The number of hydrogen-bond donors (Lipinski definition) is 3. The van der Waals surface area contributed by atoms with Gasteiger partial charge in [-0.2, -0.15) is 13.2 Å². The number of nitro groups is 1. The van der Waals surface area contributed by atoms with E-state index in [-0.39, 0.29) is 12.4 Å². The van der Waals surface area contributed by atoms with Crippen molar-refractivity contribution in [3.8, 4) is 5.75 Å². The van der Waals surface area contributed by atoms with Gasteiger partial charge in [-0.05, 0) is 6.07 Å². The van der Waals surface area contributed by atoms with Crippen molar-refractivity contribution in [3.05, 3.63) is 33.9 Å². The topological polar surface area (TPSA) is 110 Å². The molecule has 0 aliphatic heterocycles. The highest BCUT2D eigenvalue weighted by atomic mass is 35.5. The number of nitrogens with two attached hydrogens (primary N) is 1. The summed E-state index contributed by atoms with van der Waals surface area (Å²) in [7, 11) is 0. The molecule has 0 fully saturated rings. The van der Waals surface area contributed by atoms with E-state index in [1.54, 1.807) is 0 Å². The Hall–Kier alpha value is -1.58. The number of benzene rings is 1. The third-order valence-corrected chi connectivity index (χ3v) is 2.26. The van der Waals surface area contributed by atoms with Gasteiger partial charge >= 0.3 is 6.18 Å². The van der Waals surface area contributed by atoms with E-state index < -0.39 is 40.2 Å². The fourth-order valence-electron chi connectivity index (χ4n) is 1.30. The number of non-ortho nitro benzene ring substituents is 1. The minimum Gasteiger partial charge on any atom is -0.508 e. The van der Waals surface area contributed by atoms with Crippen LogP contribution in [0.4, 0.5) is 18.9 Å². The van der Waals surface area contributed by atoms with Crippen molar-refractivity contribution < 1.29 is 28.3 Å². The van der Waals surface area contributed by atoms with E-state index in [1.165, 1.54) is 0 Å². The van der Waals surface area contributed by atoms with Crippen molar-refractivity contribution in [2.75, 3.05) is 0 Å². The summed E-state index contributed by atoms with van der Waals surface area (Å²) >= 11 is 0. The van der Waals surface area contributed by atoms with Crippen molar-refractivity contribution >= 4 is 18.1 Å². The van der Waals surface area contributed by atoms with Gasteiger partial charge in [0, 0.05) is 17.7 Å². The van der Waals surface area contributed by atoms with Gasteiger partial charge in [-0.3, -0.25) is 10.1 Å². The van der Waals surface area contributed by atoms with E-state index in [1.807, 2.05) is 0 Å². The van der Waals surface area contributed by atoms with Gasteiger partial charge in [0.25, 0.3) is 5.69 Å². The molecule has 1 rings (SSSR count). The first-order chi connectivity index (χ1) is 8.14. The number of nitro benzene ring substituents is 1. The summed E-state index contributed by atoms with van der Waals surface area (Å²) in [6, 6.07) is 0.432. The minimum atomic E-state index is -4.99. The molecule has 0 amide bonds. The lowest BCUT2D eigenvalue weighted by atomic mass is 10.0. The van der Waals surface area contributed by atoms with Gasteiger partial charge in [0.1, 0.15) is 5.75 Å². The second-order valence-electron chi connectivity index (χ2n) is 3.51. The third-order valence-electron chi connectivity index (χ3n) is 2.26. The molecule has 1 aromatic carbocycles. The van der Waals surface area contributed by atoms with Crippen LogP contribution in [0.25, 0.3) is 0 Å². The van der Waals surface area contributed by atoms with Gasteiger partial charge in [0.05, 0.1) is 11.0 Å². The number of nitrogens with zero attached hydrogens (tertiary/aromatic N) is 1. The van der Waals surface area contributed by atoms with E-state index in [0.29, 0.717) is 6.07 Å². The average Bonchev–Trinajstić information content (AvgIpc) is 2.26. The standard InChI is InChI=1S/C9H9F3N2O4.ClH/c10-9(11,12)8(16)7(13)5-3-4(14(17)18)1-2-6(5)15;/h1-3,7-8,15-16H,13H2;1H/t7-,8-;/m0./s1. The quantitative estimate of drug-likeness (QED) is 0.581. The molecule has 0 radical (unpaired) electrons. The van der Waals surface area contributed by atoms with Crippen LogP contribution in [-0.2, 0) is 0 Å².